The highest BCUT2D eigenvalue weighted by atomic mass is 16.5. The van der Waals surface area contributed by atoms with Gasteiger partial charge in [-0.2, -0.15) is 5.10 Å². The molecular weight excluding hydrogens is 518 g/mol. The number of rotatable bonds is 11. The molecule has 1 N–H and O–H groups in total. The number of pyridine rings is 1. The van der Waals surface area contributed by atoms with Crippen LogP contribution in [0.5, 0.6) is 0 Å². The van der Waals surface area contributed by atoms with E-state index in [2.05, 4.69) is 76.3 Å². The van der Waals surface area contributed by atoms with Crippen LogP contribution in [0.15, 0.2) is 42.9 Å². The highest BCUT2D eigenvalue weighted by Crippen LogP contribution is 2.38. The molecule has 0 saturated carbocycles. The first-order valence-corrected chi connectivity index (χ1v) is 15.2. The number of hydrogen-bond acceptors (Lipinski definition) is 9. The summed E-state index contributed by atoms with van der Waals surface area (Å²) in [5.74, 6) is 0. The summed E-state index contributed by atoms with van der Waals surface area (Å²) in [5, 5.41) is 7.92. The summed E-state index contributed by atoms with van der Waals surface area (Å²) in [6, 6.07) is 9.71. The van der Waals surface area contributed by atoms with Gasteiger partial charge in [0.05, 0.1) is 48.5 Å². The Morgan fingerprint density at radius 1 is 1.07 bits per heavy atom. The Labute approximate surface area is 243 Å². The number of piperazine rings is 1. The second-order valence-corrected chi connectivity index (χ2v) is 11.8. The number of nitrogens with one attached hydrogen (secondary N) is 1. The molecule has 41 heavy (non-hydrogen) atoms. The molecule has 3 aliphatic heterocycles. The molecule has 3 saturated heterocycles. The topological polar surface area (TPSA) is 79.6 Å². The van der Waals surface area contributed by atoms with Crippen LogP contribution in [0.1, 0.15) is 39.2 Å². The average Bonchev–Trinajstić information content (AvgIpc) is 3.41. The summed E-state index contributed by atoms with van der Waals surface area (Å²) >= 11 is 0. The van der Waals surface area contributed by atoms with Crippen molar-refractivity contribution in [2.45, 2.75) is 51.3 Å². The Balaban J connectivity index is 1.12. The third-order valence-electron chi connectivity index (χ3n) is 8.82. The third-order valence-corrected chi connectivity index (χ3v) is 8.82. The predicted molar refractivity (Wildman–Crippen MR) is 160 cm³/mol. The van der Waals surface area contributed by atoms with Gasteiger partial charge in [-0.05, 0) is 51.8 Å². The Bertz CT molecular complexity index is 1260. The van der Waals surface area contributed by atoms with Crippen molar-refractivity contribution in [2.24, 2.45) is 0 Å². The SMILES string of the molecule is CCOC1(c2ccc(-c3cc4c(N5CCN(COCNC(C)C)CC5)ccnn4c3)nc2)CCN(C2COC2)CC1. The number of nitrogens with zero attached hydrogens (tertiary/aromatic N) is 6. The number of ether oxygens (including phenoxy) is 3. The van der Waals surface area contributed by atoms with Crippen LogP contribution in [0.3, 0.4) is 0 Å². The molecule has 6 heterocycles. The number of hydrogen-bond donors (Lipinski definition) is 1. The summed E-state index contributed by atoms with van der Waals surface area (Å²) in [5.41, 5.74) is 5.27. The lowest BCUT2D eigenvalue weighted by Gasteiger charge is -2.46. The smallest absolute Gasteiger partial charge is 0.101 e. The maximum absolute atomic E-state index is 6.43. The van der Waals surface area contributed by atoms with Crippen LogP contribution in [0.4, 0.5) is 5.69 Å². The molecule has 0 bridgehead atoms. The van der Waals surface area contributed by atoms with Gasteiger partial charge < -0.3 is 19.1 Å². The Morgan fingerprint density at radius 2 is 1.88 bits per heavy atom. The average molecular weight is 564 g/mol. The van der Waals surface area contributed by atoms with Crippen molar-refractivity contribution in [3.05, 3.63) is 48.4 Å². The van der Waals surface area contributed by atoms with E-state index < -0.39 is 0 Å². The van der Waals surface area contributed by atoms with Crippen molar-refractivity contribution in [3.8, 4) is 11.3 Å². The minimum atomic E-state index is -0.264. The molecule has 6 rings (SSSR count). The van der Waals surface area contributed by atoms with Crippen LogP contribution < -0.4 is 10.2 Å². The fourth-order valence-corrected chi connectivity index (χ4v) is 6.24. The zero-order chi connectivity index (χ0) is 28.2. The first-order chi connectivity index (χ1) is 20.0. The van der Waals surface area contributed by atoms with E-state index in [1.165, 1.54) is 11.3 Å². The fraction of sp³-hybridized carbons (Fsp3) is 0.613. The first-order valence-electron chi connectivity index (χ1n) is 15.2. The molecule has 0 spiro atoms. The minimum Gasteiger partial charge on any atom is -0.378 e. The molecular formula is C31H45N7O3. The first kappa shape index (κ1) is 28.5. The highest BCUT2D eigenvalue weighted by Gasteiger charge is 2.40. The van der Waals surface area contributed by atoms with Gasteiger partial charge in [-0.3, -0.25) is 20.1 Å². The van der Waals surface area contributed by atoms with Gasteiger partial charge in [0.2, 0.25) is 0 Å². The lowest BCUT2D eigenvalue weighted by Crippen LogP contribution is -2.54. The standard InChI is InChI=1S/C31H45N7O3/c1-4-41-31(8-11-36(12-9-31)27-20-39-21-27)26-5-6-28(32-18-26)25-17-30-29(7-10-34-38(30)19-25)37-15-13-35(14-16-37)23-40-22-33-24(2)3/h5-7,10,17-19,24,27,33H,4,8-9,11-16,20-23H2,1-3H3. The Kier molecular flexibility index (Phi) is 8.85. The summed E-state index contributed by atoms with van der Waals surface area (Å²) in [6.07, 6.45) is 7.97. The van der Waals surface area contributed by atoms with Crippen molar-refractivity contribution >= 4 is 11.2 Å². The van der Waals surface area contributed by atoms with E-state index in [1.54, 1.807) is 0 Å². The summed E-state index contributed by atoms with van der Waals surface area (Å²) in [7, 11) is 0. The van der Waals surface area contributed by atoms with Crippen LogP contribution in [-0.4, -0.2) is 109 Å². The molecule has 3 fully saturated rings. The monoisotopic (exact) mass is 563 g/mol. The number of piperidine rings is 1. The van der Waals surface area contributed by atoms with Crippen molar-refractivity contribution in [1.82, 2.24) is 29.7 Å². The van der Waals surface area contributed by atoms with Crippen molar-refractivity contribution in [3.63, 3.8) is 0 Å². The van der Waals surface area contributed by atoms with Crippen LogP contribution in [0.25, 0.3) is 16.8 Å². The molecule has 10 heteroatoms. The molecule has 0 unspecified atom stereocenters. The molecule has 10 nitrogen and oxygen atoms in total. The summed E-state index contributed by atoms with van der Waals surface area (Å²) in [6.45, 7) is 16.0. The lowest BCUT2D eigenvalue weighted by atomic mass is 9.84. The van der Waals surface area contributed by atoms with Crippen LogP contribution in [0, 0.1) is 0 Å². The predicted octanol–water partition coefficient (Wildman–Crippen LogP) is 3.17. The molecule has 3 aliphatic rings. The minimum absolute atomic E-state index is 0.264. The number of aromatic nitrogens is 3. The maximum atomic E-state index is 6.43. The molecule has 0 radical (unpaired) electrons. The van der Waals surface area contributed by atoms with E-state index in [0.29, 0.717) is 32.2 Å². The molecule has 0 atom stereocenters. The third kappa shape index (κ3) is 6.28. The lowest BCUT2D eigenvalue weighted by molar-refractivity contribution is -0.122. The largest absolute Gasteiger partial charge is 0.378 e. The number of likely N-dealkylation sites (tertiary alicyclic amines) is 1. The van der Waals surface area contributed by atoms with E-state index in [1.807, 2.05) is 16.9 Å². The normalized spacial score (nSPS) is 20.6. The van der Waals surface area contributed by atoms with E-state index in [9.17, 15) is 0 Å². The van der Waals surface area contributed by atoms with Crippen LogP contribution >= 0.6 is 0 Å². The van der Waals surface area contributed by atoms with Gasteiger partial charge in [0.15, 0.2) is 0 Å². The summed E-state index contributed by atoms with van der Waals surface area (Å²) in [4.78, 5) is 12.3. The van der Waals surface area contributed by atoms with Crippen molar-refractivity contribution in [2.75, 3.05) is 77.5 Å². The van der Waals surface area contributed by atoms with E-state index in [-0.39, 0.29) is 5.60 Å². The van der Waals surface area contributed by atoms with Gasteiger partial charge in [-0.15, -0.1) is 0 Å². The summed E-state index contributed by atoms with van der Waals surface area (Å²) < 4.78 is 19.6. The molecule has 3 aromatic rings. The fourth-order valence-electron chi connectivity index (χ4n) is 6.24. The van der Waals surface area contributed by atoms with Gasteiger partial charge in [0.25, 0.3) is 0 Å². The number of fused-ring (bicyclic) bond motifs is 1. The van der Waals surface area contributed by atoms with Gasteiger partial charge in [-0.25, -0.2) is 4.52 Å². The van der Waals surface area contributed by atoms with Gasteiger partial charge in [0.1, 0.15) is 6.73 Å². The van der Waals surface area contributed by atoms with E-state index >= 15 is 0 Å². The Hall–Kier alpha value is -2.60. The molecule has 0 aromatic carbocycles. The van der Waals surface area contributed by atoms with E-state index in [4.69, 9.17) is 19.2 Å². The second kappa shape index (κ2) is 12.7. The molecule has 222 valence electrons. The van der Waals surface area contributed by atoms with Gasteiger partial charge in [0, 0.05) is 81.6 Å². The quantitative estimate of drug-likeness (QED) is 0.280. The number of anilines is 1. The highest BCUT2D eigenvalue weighted by molar-refractivity contribution is 5.79. The Morgan fingerprint density at radius 3 is 2.54 bits per heavy atom. The van der Waals surface area contributed by atoms with Crippen LogP contribution in [0.2, 0.25) is 0 Å². The van der Waals surface area contributed by atoms with Crippen molar-refractivity contribution in [1.29, 1.82) is 0 Å². The molecule has 0 aliphatic carbocycles. The molecule has 0 amide bonds. The van der Waals surface area contributed by atoms with Gasteiger partial charge in [-0.1, -0.05) is 6.07 Å². The van der Waals surface area contributed by atoms with Gasteiger partial charge >= 0.3 is 0 Å². The van der Waals surface area contributed by atoms with E-state index in [0.717, 1.165) is 82.1 Å². The zero-order valence-corrected chi connectivity index (χ0v) is 24.8. The van der Waals surface area contributed by atoms with Crippen molar-refractivity contribution < 1.29 is 14.2 Å². The molecule has 3 aromatic heterocycles. The second-order valence-electron chi connectivity index (χ2n) is 11.8. The van der Waals surface area contributed by atoms with Crippen LogP contribution in [-0.2, 0) is 19.8 Å². The zero-order valence-electron chi connectivity index (χ0n) is 24.8. The maximum Gasteiger partial charge on any atom is 0.101 e.